The van der Waals surface area contributed by atoms with Gasteiger partial charge in [0.05, 0.1) is 44.8 Å². The van der Waals surface area contributed by atoms with Crippen LogP contribution < -0.4 is 32.0 Å². The third kappa shape index (κ3) is 16.5. The number of H-pyrrole nitrogens is 1. The number of aromatic amines is 1. The molecule has 0 spiro atoms. The van der Waals surface area contributed by atoms with Gasteiger partial charge >= 0.3 is 11.4 Å². The van der Waals surface area contributed by atoms with Crippen LogP contribution in [-0.4, -0.2) is 93.3 Å². The summed E-state index contributed by atoms with van der Waals surface area (Å²) in [7, 11) is 13.9. The summed E-state index contributed by atoms with van der Waals surface area (Å²) >= 11 is 9.54. The van der Waals surface area contributed by atoms with E-state index in [0.717, 1.165) is 36.6 Å². The normalized spacial score (nSPS) is 10.4. The number of hydrogen-bond donors (Lipinski definition) is 1. The van der Waals surface area contributed by atoms with E-state index in [9.17, 15) is 28.0 Å². The van der Waals surface area contributed by atoms with Gasteiger partial charge in [-0.3, -0.25) is 19.1 Å². The van der Waals surface area contributed by atoms with E-state index in [-0.39, 0.29) is 68.1 Å². The molecule has 2 heterocycles. The number of aromatic nitrogens is 4. The Hall–Kier alpha value is -4.49. The summed E-state index contributed by atoms with van der Waals surface area (Å²) in [6.07, 6.45) is 2.87. The van der Waals surface area contributed by atoms with Crippen molar-refractivity contribution in [3.8, 4) is 22.9 Å². The van der Waals surface area contributed by atoms with Gasteiger partial charge < -0.3 is 19.3 Å². The predicted octanol–water partition coefficient (Wildman–Crippen LogP) is 6.93. The molecule has 0 aliphatic rings. The molecule has 2 radical (unpaired) electrons. The number of hydrogen-bond acceptors (Lipinski definition) is 8. The summed E-state index contributed by atoms with van der Waals surface area (Å²) in [6.45, 7) is 0.0331. The Labute approximate surface area is 428 Å². The quantitative estimate of drug-likeness (QED) is 0.0483. The zero-order chi connectivity index (χ0) is 46.8. The molecule has 6 aromatic rings. The molecule has 0 aliphatic heterocycles. The van der Waals surface area contributed by atoms with Crippen molar-refractivity contribution in [1.29, 1.82) is 1.34 Å². The van der Waals surface area contributed by atoms with Gasteiger partial charge in [-0.05, 0) is 118 Å². The third-order valence-corrected chi connectivity index (χ3v) is 9.70. The zero-order valence-electron chi connectivity index (χ0n) is 35.9. The molecule has 1 N–H and O–H groups in total. The number of alkyl halides is 1. The second kappa shape index (κ2) is 27.7. The van der Waals surface area contributed by atoms with Gasteiger partial charge in [0, 0.05) is 92.8 Å². The van der Waals surface area contributed by atoms with Crippen LogP contribution in [0.4, 0.5) is 20.4 Å². The Morgan fingerprint density at radius 1 is 0.719 bits per heavy atom. The number of benzene rings is 4. The average Bonchev–Trinajstić information content (AvgIpc) is 3.25. The van der Waals surface area contributed by atoms with E-state index in [0.29, 0.717) is 18.8 Å². The van der Waals surface area contributed by atoms with Crippen LogP contribution in [0, 0.1) is 49.9 Å². The van der Waals surface area contributed by atoms with Crippen LogP contribution in [-0.2, 0) is 12.4 Å². The Morgan fingerprint density at radius 3 is 1.58 bits per heavy atom. The van der Waals surface area contributed by atoms with E-state index in [4.69, 9.17) is 22.4 Å². The summed E-state index contributed by atoms with van der Waals surface area (Å²) in [6, 6.07) is 26.0. The molecule has 64 heavy (non-hydrogen) atoms. The molecular formula is C43H46BClF2I2N8O6U. The van der Waals surface area contributed by atoms with Crippen molar-refractivity contribution in [2.45, 2.75) is 19.9 Å². The standard InChI is InChI=1S/C21H20FIN4O3.C13H12FIN4O2.C8H9ClO.CH4.BH.U/c1-25(2)13-24-19-11-20(28)26(12-14-4-7-16(30-3)8-5-14)21(29)27(19)18-9-6-15(23)10-17(18)22;1-18(2)7-16-11-6-12(20)17-13(21)19(11)10-4-3-8(15)5-9(10)14;1-10-8-4-2-7(6-9)3-5-8;;;/h4-11,13H,12H2,1-3H3;3-7H,1-2H3,(H,17,20,21);2-5H,6H2,1H3;1H4;1H;/i;;;;1D;. The fraction of sp³-hybridized carbons (Fsp3) is 0.209. The summed E-state index contributed by atoms with van der Waals surface area (Å²) in [5.74, 6) is 1.04. The molecule has 0 atom stereocenters. The average molecular weight is 1350 g/mol. The van der Waals surface area contributed by atoms with Gasteiger partial charge in [0.25, 0.3) is 11.1 Å². The van der Waals surface area contributed by atoms with Crippen molar-refractivity contribution in [2.24, 2.45) is 9.98 Å². The number of methoxy groups -OCH3 is 2. The van der Waals surface area contributed by atoms with Crippen LogP contribution >= 0.6 is 56.8 Å². The molecule has 336 valence electrons. The first-order valence-corrected chi connectivity index (χ1v) is 20.6. The Balaban J connectivity index is 0.000000524. The third-order valence-electron chi connectivity index (χ3n) is 8.05. The Bertz CT molecular complexity index is 2740. The number of aliphatic imine (C=N–C) groups is 2. The smallest absolute Gasteiger partial charge is 0.337 e. The summed E-state index contributed by atoms with van der Waals surface area (Å²) < 4.78 is 48.7. The molecule has 0 amide bonds. The molecule has 0 bridgehead atoms. The van der Waals surface area contributed by atoms with Crippen LogP contribution in [0.2, 0.25) is 0 Å². The summed E-state index contributed by atoms with van der Waals surface area (Å²) in [5.41, 5.74) is -0.635. The number of rotatable bonds is 11. The summed E-state index contributed by atoms with van der Waals surface area (Å²) in [5, 5.41) is 0. The first-order chi connectivity index (χ1) is 30.0. The van der Waals surface area contributed by atoms with Gasteiger partial charge in [0.1, 0.15) is 34.8 Å². The van der Waals surface area contributed by atoms with Gasteiger partial charge in [0.15, 0.2) is 0 Å². The van der Waals surface area contributed by atoms with Crippen molar-refractivity contribution >= 4 is 89.5 Å². The maximum atomic E-state index is 14.7. The minimum Gasteiger partial charge on any atom is -0.497 e. The molecule has 6 rings (SSSR count). The van der Waals surface area contributed by atoms with Gasteiger partial charge in [-0.15, -0.1) is 11.6 Å². The summed E-state index contributed by atoms with van der Waals surface area (Å²) in [4.78, 5) is 63.0. The van der Waals surface area contributed by atoms with Crippen molar-refractivity contribution in [1.82, 2.24) is 28.5 Å². The second-order valence-corrected chi connectivity index (χ2v) is 15.9. The van der Waals surface area contributed by atoms with Crippen LogP contribution in [0.3, 0.4) is 0 Å². The van der Waals surface area contributed by atoms with E-state index in [1.165, 1.54) is 43.0 Å². The van der Waals surface area contributed by atoms with Gasteiger partial charge in [-0.2, -0.15) is 0 Å². The molecule has 2 aromatic heterocycles. The van der Waals surface area contributed by atoms with Crippen LogP contribution in [0.5, 0.6) is 11.5 Å². The number of halogens is 5. The molecule has 0 fully saturated rings. The number of ether oxygens (including phenoxy) is 2. The van der Waals surface area contributed by atoms with E-state index >= 15 is 0 Å². The SMILES string of the molecule is C.CN(C)C=Nc1cc(=O)[nH]c(=O)n1-c1ccc(I)cc1F.COc1ccc(CCl)cc1.COc1ccc(Cn2c(=O)cc(N=CN(C)C)n(-c3ccc(I)cc3F)c2=O)cc1.[2H][B].[U]. The molecule has 0 saturated carbocycles. The van der Waals surface area contributed by atoms with Gasteiger partial charge in [-0.25, -0.2) is 37.5 Å². The first kappa shape index (κ1) is 55.6. The molecule has 21 heteroatoms. The fourth-order valence-corrected chi connectivity index (χ4v) is 6.23. The molecule has 0 unspecified atom stereocenters. The minimum atomic E-state index is -0.742. The van der Waals surface area contributed by atoms with E-state index in [1.54, 1.807) is 88.6 Å². The fourth-order valence-electron chi connectivity index (χ4n) is 5.15. The van der Waals surface area contributed by atoms with E-state index in [1.807, 2.05) is 69.4 Å². The second-order valence-electron chi connectivity index (χ2n) is 13.1. The molecule has 0 saturated heterocycles. The molecule has 0 aliphatic carbocycles. The van der Waals surface area contributed by atoms with E-state index in [2.05, 4.69) is 23.3 Å². The van der Waals surface area contributed by atoms with Crippen LogP contribution in [0.1, 0.15) is 18.6 Å². The predicted molar refractivity (Wildman–Crippen MR) is 267 cm³/mol. The first-order valence-electron chi connectivity index (χ1n) is 18.5. The van der Waals surface area contributed by atoms with Crippen molar-refractivity contribution in [3.05, 3.63) is 169 Å². The molecular weight excluding hydrogens is 1300 g/mol. The van der Waals surface area contributed by atoms with Crippen LogP contribution in [0.25, 0.3) is 11.4 Å². The van der Waals surface area contributed by atoms with Gasteiger partial charge in [-0.1, -0.05) is 31.7 Å². The maximum absolute atomic E-state index is 14.7. The minimum absolute atomic E-state index is 0. The van der Waals surface area contributed by atoms with Crippen molar-refractivity contribution < 1.29 is 49.4 Å². The van der Waals surface area contributed by atoms with Crippen molar-refractivity contribution in [3.63, 3.8) is 0 Å². The Kier molecular flexibility index (Phi) is 24.1. The topological polar surface area (TPSA) is 149 Å². The van der Waals surface area contributed by atoms with Crippen LogP contribution in [0.15, 0.2) is 126 Å². The van der Waals surface area contributed by atoms with Gasteiger partial charge in [0.2, 0.25) is 0 Å². The number of nitrogens with one attached hydrogen (secondary N) is 1. The van der Waals surface area contributed by atoms with E-state index < -0.39 is 34.1 Å². The van der Waals surface area contributed by atoms with Crippen molar-refractivity contribution in [2.75, 3.05) is 42.4 Å². The molecule has 14 nitrogen and oxygen atoms in total. The largest absolute Gasteiger partial charge is 0.497 e. The Morgan fingerprint density at radius 2 is 1.16 bits per heavy atom. The molecule has 4 aromatic carbocycles. The monoisotopic (exact) mass is 1350 g/mol. The zero-order valence-corrected chi connectivity index (χ0v) is 44.1. The number of nitrogens with zero attached hydrogens (tertiary/aromatic N) is 7. The maximum Gasteiger partial charge on any atom is 0.337 e.